The Morgan fingerprint density at radius 3 is 2.18 bits per heavy atom. The second-order valence-electron chi connectivity index (χ2n) is 6.66. The SMILES string of the molecule is CC(C)CS(=O)(=O)CC(=O)NC(CCOC(C)(C)C)C(=O)O. The molecule has 1 atom stereocenters. The summed E-state index contributed by atoms with van der Waals surface area (Å²) in [5, 5.41) is 11.3. The molecule has 7 nitrogen and oxygen atoms in total. The smallest absolute Gasteiger partial charge is 0.326 e. The molecular formula is C14H27NO6S. The molecule has 1 unspecified atom stereocenters. The number of hydrogen-bond donors (Lipinski definition) is 2. The van der Waals surface area contributed by atoms with E-state index in [1.54, 1.807) is 13.8 Å². The minimum atomic E-state index is -3.53. The Labute approximate surface area is 132 Å². The highest BCUT2D eigenvalue weighted by Crippen LogP contribution is 2.08. The quantitative estimate of drug-likeness (QED) is 0.645. The molecule has 0 aromatic carbocycles. The summed E-state index contributed by atoms with van der Waals surface area (Å²) < 4.78 is 28.8. The first-order valence-electron chi connectivity index (χ1n) is 7.19. The van der Waals surface area contributed by atoms with Gasteiger partial charge in [-0.25, -0.2) is 13.2 Å². The van der Waals surface area contributed by atoms with Crippen molar-refractivity contribution in [3.63, 3.8) is 0 Å². The number of carbonyl (C=O) groups is 2. The van der Waals surface area contributed by atoms with E-state index in [4.69, 9.17) is 9.84 Å². The average Bonchev–Trinajstić information content (AvgIpc) is 2.22. The summed E-state index contributed by atoms with van der Waals surface area (Å²) in [7, 11) is -3.53. The van der Waals surface area contributed by atoms with E-state index in [9.17, 15) is 18.0 Å². The zero-order valence-corrected chi connectivity index (χ0v) is 14.7. The van der Waals surface area contributed by atoms with Crippen LogP contribution in [0.2, 0.25) is 0 Å². The van der Waals surface area contributed by atoms with Gasteiger partial charge in [0.1, 0.15) is 11.8 Å². The van der Waals surface area contributed by atoms with E-state index in [0.29, 0.717) is 0 Å². The molecule has 0 radical (unpaired) electrons. The maximum absolute atomic E-state index is 11.7. The fraction of sp³-hybridized carbons (Fsp3) is 0.857. The number of hydrogen-bond acceptors (Lipinski definition) is 5. The monoisotopic (exact) mass is 337 g/mol. The van der Waals surface area contributed by atoms with Crippen molar-refractivity contribution in [3.05, 3.63) is 0 Å². The first-order valence-corrected chi connectivity index (χ1v) is 9.01. The molecule has 22 heavy (non-hydrogen) atoms. The molecule has 0 rings (SSSR count). The third-order valence-electron chi connectivity index (χ3n) is 2.51. The van der Waals surface area contributed by atoms with Crippen LogP contribution in [0.1, 0.15) is 41.0 Å². The van der Waals surface area contributed by atoms with E-state index in [1.165, 1.54) is 0 Å². The lowest BCUT2D eigenvalue weighted by atomic mass is 10.2. The van der Waals surface area contributed by atoms with Crippen LogP contribution in [0.4, 0.5) is 0 Å². The Morgan fingerprint density at radius 2 is 1.77 bits per heavy atom. The number of nitrogens with one attached hydrogen (secondary N) is 1. The van der Waals surface area contributed by atoms with Gasteiger partial charge < -0.3 is 15.2 Å². The van der Waals surface area contributed by atoms with Gasteiger partial charge in [0.25, 0.3) is 0 Å². The predicted molar refractivity (Wildman–Crippen MR) is 83.4 cm³/mol. The number of ether oxygens (including phenoxy) is 1. The van der Waals surface area contributed by atoms with Gasteiger partial charge in [0, 0.05) is 13.0 Å². The summed E-state index contributed by atoms with van der Waals surface area (Å²) in [6.45, 7) is 9.12. The molecule has 1 amide bonds. The van der Waals surface area contributed by atoms with Crippen LogP contribution in [-0.4, -0.2) is 55.2 Å². The minimum absolute atomic E-state index is 0.0720. The Kier molecular flexibility index (Phi) is 8.03. The largest absolute Gasteiger partial charge is 0.480 e. The van der Waals surface area contributed by atoms with E-state index in [0.717, 1.165) is 0 Å². The van der Waals surface area contributed by atoms with Gasteiger partial charge in [-0.1, -0.05) is 13.8 Å². The second-order valence-corrected chi connectivity index (χ2v) is 8.77. The molecule has 0 fully saturated rings. The van der Waals surface area contributed by atoms with Crippen molar-refractivity contribution in [2.45, 2.75) is 52.7 Å². The Morgan fingerprint density at radius 1 is 1.23 bits per heavy atom. The summed E-state index contributed by atoms with van der Waals surface area (Å²) in [6.07, 6.45) is 0.0720. The number of aliphatic carboxylic acids is 1. The summed E-state index contributed by atoms with van der Waals surface area (Å²) >= 11 is 0. The van der Waals surface area contributed by atoms with Crippen molar-refractivity contribution < 1.29 is 27.9 Å². The van der Waals surface area contributed by atoms with Crippen molar-refractivity contribution in [1.82, 2.24) is 5.32 Å². The first kappa shape index (κ1) is 20.9. The molecule has 0 aromatic rings. The molecule has 0 saturated carbocycles. The third kappa shape index (κ3) is 10.6. The van der Waals surface area contributed by atoms with Crippen molar-refractivity contribution in [1.29, 1.82) is 0 Å². The van der Waals surface area contributed by atoms with Crippen LogP contribution in [0, 0.1) is 5.92 Å². The molecule has 130 valence electrons. The Balaban J connectivity index is 4.51. The van der Waals surface area contributed by atoms with Crippen LogP contribution < -0.4 is 5.32 Å². The molecule has 0 aliphatic carbocycles. The van der Waals surface area contributed by atoms with Crippen molar-refractivity contribution in [3.8, 4) is 0 Å². The van der Waals surface area contributed by atoms with Crippen molar-refractivity contribution >= 4 is 21.7 Å². The van der Waals surface area contributed by atoms with Crippen molar-refractivity contribution in [2.75, 3.05) is 18.1 Å². The standard InChI is InChI=1S/C14H27NO6S/c1-10(2)8-22(19,20)9-12(16)15-11(13(17)18)6-7-21-14(3,4)5/h10-11H,6-9H2,1-5H3,(H,15,16)(H,17,18). The Hall–Kier alpha value is -1.15. The Bertz CT molecular complexity index is 478. The zero-order valence-electron chi connectivity index (χ0n) is 13.9. The summed E-state index contributed by atoms with van der Waals surface area (Å²) in [6, 6.07) is -1.16. The third-order valence-corrected chi connectivity index (χ3v) is 4.39. The van der Waals surface area contributed by atoms with Gasteiger partial charge in [-0.05, 0) is 26.7 Å². The average molecular weight is 337 g/mol. The van der Waals surface area contributed by atoms with E-state index in [1.807, 2.05) is 20.8 Å². The topological polar surface area (TPSA) is 110 Å². The summed E-state index contributed by atoms with van der Waals surface area (Å²) in [5.41, 5.74) is -0.409. The van der Waals surface area contributed by atoms with E-state index < -0.39 is 39.1 Å². The lowest BCUT2D eigenvalue weighted by Gasteiger charge is -2.21. The minimum Gasteiger partial charge on any atom is -0.480 e. The van der Waals surface area contributed by atoms with Crippen LogP contribution in [0.3, 0.4) is 0 Å². The van der Waals surface area contributed by atoms with Gasteiger partial charge in [-0.2, -0.15) is 0 Å². The van der Waals surface area contributed by atoms with Gasteiger partial charge >= 0.3 is 5.97 Å². The van der Waals surface area contributed by atoms with Crippen molar-refractivity contribution in [2.24, 2.45) is 5.92 Å². The van der Waals surface area contributed by atoms with Gasteiger partial charge in [0.15, 0.2) is 9.84 Å². The zero-order chi connectivity index (χ0) is 17.6. The summed E-state index contributed by atoms with van der Waals surface area (Å²) in [4.78, 5) is 22.8. The van der Waals surface area contributed by atoms with Gasteiger partial charge in [0.2, 0.25) is 5.91 Å². The lowest BCUT2D eigenvalue weighted by Crippen LogP contribution is -2.44. The highest BCUT2D eigenvalue weighted by Gasteiger charge is 2.24. The number of carboxylic acids is 1. The molecule has 8 heteroatoms. The molecule has 0 aliphatic heterocycles. The number of amides is 1. The molecule has 0 aliphatic rings. The molecule has 2 N–H and O–H groups in total. The van der Waals surface area contributed by atoms with Gasteiger partial charge in [-0.3, -0.25) is 4.79 Å². The number of carboxylic acid groups (broad SMARTS) is 1. The normalized spacial score (nSPS) is 13.9. The molecule has 0 heterocycles. The fourth-order valence-electron chi connectivity index (χ4n) is 1.74. The molecule has 0 saturated heterocycles. The van der Waals surface area contributed by atoms with Gasteiger partial charge in [0.05, 0.1) is 11.4 Å². The number of sulfone groups is 1. The highest BCUT2D eigenvalue weighted by atomic mass is 32.2. The van der Waals surface area contributed by atoms with Crippen LogP contribution in [0.15, 0.2) is 0 Å². The van der Waals surface area contributed by atoms with Gasteiger partial charge in [-0.15, -0.1) is 0 Å². The van der Waals surface area contributed by atoms with Crippen LogP contribution in [0.25, 0.3) is 0 Å². The maximum Gasteiger partial charge on any atom is 0.326 e. The second kappa shape index (κ2) is 8.47. The van der Waals surface area contributed by atoms with Crippen LogP contribution in [-0.2, 0) is 24.2 Å². The van der Waals surface area contributed by atoms with E-state index in [-0.39, 0.29) is 24.7 Å². The molecular weight excluding hydrogens is 310 g/mol. The number of rotatable bonds is 9. The highest BCUT2D eigenvalue weighted by molar-refractivity contribution is 7.92. The van der Waals surface area contributed by atoms with E-state index in [2.05, 4.69) is 5.32 Å². The molecule has 0 spiro atoms. The fourth-order valence-corrected chi connectivity index (χ4v) is 3.36. The predicted octanol–water partition coefficient (Wildman–Crippen LogP) is 0.832. The maximum atomic E-state index is 11.7. The first-order chi connectivity index (χ1) is 9.82. The molecule has 0 aromatic heterocycles. The lowest BCUT2D eigenvalue weighted by molar-refractivity contribution is -0.142. The van der Waals surface area contributed by atoms with Crippen LogP contribution >= 0.6 is 0 Å². The molecule has 0 bridgehead atoms. The summed E-state index contributed by atoms with van der Waals surface area (Å²) in [5.74, 6) is -2.91. The van der Waals surface area contributed by atoms with Crippen LogP contribution in [0.5, 0.6) is 0 Å². The van der Waals surface area contributed by atoms with E-state index >= 15 is 0 Å². The number of carbonyl (C=O) groups excluding carboxylic acids is 1.